The Bertz CT molecular complexity index is 923. The summed E-state index contributed by atoms with van der Waals surface area (Å²) in [6, 6.07) is 14.3. The summed E-state index contributed by atoms with van der Waals surface area (Å²) in [5.74, 6) is 1.26. The highest BCUT2D eigenvalue weighted by atomic mass is 32.1. The molecular formula is C22H23N3OS. The van der Waals surface area contributed by atoms with Crippen LogP contribution in [-0.4, -0.2) is 33.9 Å². The van der Waals surface area contributed by atoms with Crippen molar-refractivity contribution in [1.29, 1.82) is 0 Å². The van der Waals surface area contributed by atoms with Gasteiger partial charge in [0.25, 0.3) is 0 Å². The van der Waals surface area contributed by atoms with Gasteiger partial charge in [-0.25, -0.2) is 9.97 Å². The van der Waals surface area contributed by atoms with Gasteiger partial charge in [0, 0.05) is 41.3 Å². The molecule has 4 rings (SSSR count). The van der Waals surface area contributed by atoms with Crippen LogP contribution in [0.2, 0.25) is 0 Å². The number of nitrogens with zero attached hydrogens (tertiary/aromatic N) is 3. The average Bonchev–Trinajstić information content (AvgIpc) is 3.21. The van der Waals surface area contributed by atoms with Gasteiger partial charge in [-0.3, -0.25) is 4.79 Å². The standard InChI is InChI=1S/C22H23N3OS/c1-16-5-2-6-17(13-16)22-23-10-9-20(24-22)18-7-3-11-25(15-18)21(26)14-19-8-4-12-27-19/h2,4-6,8-10,12-13,18H,3,7,11,14-15H2,1H3. The smallest absolute Gasteiger partial charge is 0.227 e. The largest absolute Gasteiger partial charge is 0.342 e. The van der Waals surface area contributed by atoms with E-state index in [1.165, 1.54) is 5.56 Å². The van der Waals surface area contributed by atoms with Crippen molar-refractivity contribution in [2.45, 2.75) is 32.1 Å². The molecule has 0 radical (unpaired) electrons. The van der Waals surface area contributed by atoms with Gasteiger partial charge in [-0.05, 0) is 43.3 Å². The van der Waals surface area contributed by atoms with Crippen LogP contribution in [0.1, 0.15) is 34.9 Å². The normalized spacial score (nSPS) is 17.1. The second kappa shape index (κ2) is 8.01. The van der Waals surface area contributed by atoms with Crippen molar-refractivity contribution < 1.29 is 4.79 Å². The van der Waals surface area contributed by atoms with Gasteiger partial charge in [0.05, 0.1) is 6.42 Å². The topological polar surface area (TPSA) is 46.1 Å². The fourth-order valence-corrected chi connectivity index (χ4v) is 4.34. The highest BCUT2D eigenvalue weighted by molar-refractivity contribution is 7.10. The number of hydrogen-bond acceptors (Lipinski definition) is 4. The molecule has 3 aromatic rings. The molecule has 4 nitrogen and oxygen atoms in total. The number of piperidine rings is 1. The van der Waals surface area contributed by atoms with Crippen molar-refractivity contribution in [3.63, 3.8) is 0 Å². The molecule has 2 aromatic heterocycles. The van der Waals surface area contributed by atoms with E-state index < -0.39 is 0 Å². The predicted molar refractivity (Wildman–Crippen MR) is 109 cm³/mol. The van der Waals surface area contributed by atoms with Crippen LogP contribution < -0.4 is 0 Å². The molecule has 0 aliphatic carbocycles. The van der Waals surface area contributed by atoms with Gasteiger partial charge in [-0.15, -0.1) is 11.3 Å². The molecule has 0 saturated carbocycles. The summed E-state index contributed by atoms with van der Waals surface area (Å²) in [6.45, 7) is 3.66. The van der Waals surface area contributed by atoms with Gasteiger partial charge in [-0.1, -0.05) is 29.8 Å². The van der Waals surface area contributed by atoms with E-state index in [4.69, 9.17) is 4.98 Å². The van der Waals surface area contributed by atoms with Crippen LogP contribution in [-0.2, 0) is 11.2 Å². The van der Waals surface area contributed by atoms with E-state index in [1.54, 1.807) is 11.3 Å². The number of likely N-dealkylation sites (tertiary alicyclic amines) is 1. The van der Waals surface area contributed by atoms with Crippen molar-refractivity contribution in [2.24, 2.45) is 0 Å². The van der Waals surface area contributed by atoms with Gasteiger partial charge < -0.3 is 4.90 Å². The molecule has 1 amide bonds. The molecule has 1 saturated heterocycles. The summed E-state index contributed by atoms with van der Waals surface area (Å²) in [4.78, 5) is 25.1. The molecule has 0 spiro atoms. The molecule has 5 heteroatoms. The zero-order chi connectivity index (χ0) is 18.6. The summed E-state index contributed by atoms with van der Waals surface area (Å²) >= 11 is 1.65. The minimum Gasteiger partial charge on any atom is -0.342 e. The highest BCUT2D eigenvalue weighted by Crippen LogP contribution is 2.27. The summed E-state index contributed by atoms with van der Waals surface area (Å²) in [5, 5.41) is 2.02. The molecule has 1 atom stereocenters. The Morgan fingerprint density at radius 2 is 2.19 bits per heavy atom. The Morgan fingerprint density at radius 1 is 1.26 bits per heavy atom. The number of amides is 1. The van der Waals surface area contributed by atoms with Gasteiger partial charge in [0.1, 0.15) is 0 Å². The van der Waals surface area contributed by atoms with Crippen LogP contribution in [0.5, 0.6) is 0 Å². The van der Waals surface area contributed by atoms with Crippen LogP contribution in [0.4, 0.5) is 0 Å². The lowest BCUT2D eigenvalue weighted by Crippen LogP contribution is -2.40. The summed E-state index contributed by atoms with van der Waals surface area (Å²) in [5.41, 5.74) is 3.28. The fraction of sp³-hybridized carbons (Fsp3) is 0.318. The Labute approximate surface area is 163 Å². The maximum Gasteiger partial charge on any atom is 0.227 e. The first-order valence-electron chi connectivity index (χ1n) is 9.39. The molecule has 1 fully saturated rings. The third-order valence-corrected chi connectivity index (χ3v) is 5.93. The number of benzene rings is 1. The first kappa shape index (κ1) is 17.9. The number of carbonyl (C=O) groups is 1. The molecule has 0 N–H and O–H groups in total. The van der Waals surface area contributed by atoms with Gasteiger partial charge in [0.2, 0.25) is 5.91 Å². The maximum absolute atomic E-state index is 12.7. The quantitative estimate of drug-likeness (QED) is 0.674. The number of carbonyl (C=O) groups excluding carboxylic acids is 1. The van der Waals surface area contributed by atoms with Crippen molar-refractivity contribution in [2.75, 3.05) is 13.1 Å². The first-order chi connectivity index (χ1) is 13.2. The van der Waals surface area contributed by atoms with E-state index in [0.29, 0.717) is 6.42 Å². The van der Waals surface area contributed by atoms with Gasteiger partial charge in [0.15, 0.2) is 5.82 Å². The Hall–Kier alpha value is -2.53. The van der Waals surface area contributed by atoms with E-state index >= 15 is 0 Å². The molecule has 3 heterocycles. The van der Waals surface area contributed by atoms with Crippen LogP contribution in [0.25, 0.3) is 11.4 Å². The minimum atomic E-state index is 0.218. The van der Waals surface area contributed by atoms with Crippen molar-refractivity contribution >= 4 is 17.2 Å². The molecule has 138 valence electrons. The number of aromatic nitrogens is 2. The van der Waals surface area contributed by atoms with E-state index in [-0.39, 0.29) is 11.8 Å². The van der Waals surface area contributed by atoms with E-state index in [2.05, 4.69) is 24.0 Å². The number of hydrogen-bond donors (Lipinski definition) is 0. The Morgan fingerprint density at radius 3 is 3.00 bits per heavy atom. The monoisotopic (exact) mass is 377 g/mol. The Balaban J connectivity index is 1.49. The lowest BCUT2D eigenvalue weighted by molar-refractivity contribution is -0.131. The summed E-state index contributed by atoms with van der Waals surface area (Å²) in [6.07, 6.45) is 4.42. The molecule has 1 aromatic carbocycles. The zero-order valence-corrected chi connectivity index (χ0v) is 16.3. The molecular weight excluding hydrogens is 354 g/mol. The third kappa shape index (κ3) is 4.25. The van der Waals surface area contributed by atoms with E-state index in [0.717, 1.165) is 47.9 Å². The van der Waals surface area contributed by atoms with Crippen LogP contribution >= 0.6 is 11.3 Å². The predicted octanol–water partition coefficient (Wildman–Crippen LogP) is 4.46. The molecule has 1 unspecified atom stereocenters. The van der Waals surface area contributed by atoms with Crippen LogP contribution in [0.3, 0.4) is 0 Å². The number of rotatable bonds is 4. The Kier molecular flexibility index (Phi) is 5.30. The van der Waals surface area contributed by atoms with Crippen LogP contribution in [0.15, 0.2) is 54.0 Å². The lowest BCUT2D eigenvalue weighted by Gasteiger charge is -2.32. The van der Waals surface area contributed by atoms with Crippen molar-refractivity contribution in [3.05, 3.63) is 70.2 Å². The third-order valence-electron chi connectivity index (χ3n) is 5.05. The minimum absolute atomic E-state index is 0.218. The van der Waals surface area contributed by atoms with E-state index in [1.807, 2.05) is 46.8 Å². The van der Waals surface area contributed by atoms with Crippen molar-refractivity contribution in [1.82, 2.24) is 14.9 Å². The number of aryl methyl sites for hydroxylation is 1. The highest BCUT2D eigenvalue weighted by Gasteiger charge is 2.26. The molecule has 27 heavy (non-hydrogen) atoms. The molecule has 1 aliphatic rings. The lowest BCUT2D eigenvalue weighted by atomic mass is 9.94. The first-order valence-corrected chi connectivity index (χ1v) is 10.3. The maximum atomic E-state index is 12.7. The SMILES string of the molecule is Cc1cccc(-c2nccc(C3CCCN(C(=O)Cc4cccs4)C3)n2)c1. The summed E-state index contributed by atoms with van der Waals surface area (Å²) in [7, 11) is 0. The number of thiophene rings is 1. The van der Waals surface area contributed by atoms with Gasteiger partial charge >= 0.3 is 0 Å². The van der Waals surface area contributed by atoms with Crippen molar-refractivity contribution in [3.8, 4) is 11.4 Å². The second-order valence-corrected chi connectivity index (χ2v) is 8.14. The summed E-state index contributed by atoms with van der Waals surface area (Å²) < 4.78 is 0. The molecule has 1 aliphatic heterocycles. The molecule has 0 bridgehead atoms. The van der Waals surface area contributed by atoms with E-state index in [9.17, 15) is 4.79 Å². The van der Waals surface area contributed by atoms with Gasteiger partial charge in [-0.2, -0.15) is 0 Å². The second-order valence-electron chi connectivity index (χ2n) is 7.11. The zero-order valence-electron chi connectivity index (χ0n) is 15.5. The average molecular weight is 378 g/mol. The van der Waals surface area contributed by atoms with Crippen LogP contribution in [0, 0.1) is 6.92 Å². The fourth-order valence-electron chi connectivity index (χ4n) is 3.64.